The van der Waals surface area contributed by atoms with Gasteiger partial charge in [-0.05, 0) is 49.2 Å². The number of esters is 1. The average Bonchev–Trinajstić information content (AvgIpc) is 2.84. The Balaban J connectivity index is 1.90. The van der Waals surface area contributed by atoms with Crippen LogP contribution in [0.15, 0.2) is 77.0 Å². The van der Waals surface area contributed by atoms with Gasteiger partial charge in [0, 0.05) is 21.4 Å². The molecule has 0 bridgehead atoms. The number of ether oxygens (including phenoxy) is 1. The van der Waals surface area contributed by atoms with E-state index < -0.39 is 11.9 Å². The molecule has 0 saturated heterocycles. The molecule has 0 aliphatic carbocycles. The molecule has 1 heterocycles. The van der Waals surface area contributed by atoms with Crippen molar-refractivity contribution in [3.05, 3.63) is 98.2 Å². The standard InChI is InChI=1S/C26H23Cl2N3O3S/c1-4-12-34-26(33)23-16(3)30-25(19(13-29)24(23)17-8-10-18(27)11-9-17)35-14-22(32)31-21-7-5-6-20(28)15(21)2/h4-11,24,30H,1,12,14H2,2-3H3,(H,31,32)/t24-/m1/s1. The van der Waals surface area contributed by atoms with Gasteiger partial charge in [-0.3, -0.25) is 4.79 Å². The van der Waals surface area contributed by atoms with Crippen LogP contribution in [0.2, 0.25) is 10.0 Å². The van der Waals surface area contributed by atoms with Crippen LogP contribution in [0.25, 0.3) is 0 Å². The molecule has 35 heavy (non-hydrogen) atoms. The number of amides is 1. The first-order valence-corrected chi connectivity index (χ1v) is 12.3. The Bertz CT molecular complexity index is 1260. The first-order valence-electron chi connectivity index (χ1n) is 10.6. The molecule has 2 N–H and O–H groups in total. The number of anilines is 1. The highest BCUT2D eigenvalue weighted by atomic mass is 35.5. The summed E-state index contributed by atoms with van der Waals surface area (Å²) in [5, 5.41) is 17.6. The number of nitrogens with one attached hydrogen (secondary N) is 2. The molecule has 2 aromatic carbocycles. The molecule has 180 valence electrons. The smallest absolute Gasteiger partial charge is 0.337 e. The molecule has 0 unspecified atom stereocenters. The minimum Gasteiger partial charge on any atom is -0.458 e. The van der Waals surface area contributed by atoms with Gasteiger partial charge in [0.1, 0.15) is 6.61 Å². The number of halogens is 2. The number of nitrogens with zero attached hydrogens (tertiary/aromatic N) is 1. The predicted octanol–water partition coefficient (Wildman–Crippen LogP) is 6.10. The van der Waals surface area contributed by atoms with Crippen molar-refractivity contribution in [3.63, 3.8) is 0 Å². The van der Waals surface area contributed by atoms with Crippen LogP contribution >= 0.6 is 35.0 Å². The van der Waals surface area contributed by atoms with Crippen molar-refractivity contribution < 1.29 is 14.3 Å². The number of thioether (sulfide) groups is 1. The van der Waals surface area contributed by atoms with Crippen LogP contribution in [0, 0.1) is 18.3 Å². The fourth-order valence-corrected chi connectivity index (χ4v) is 4.76. The molecule has 1 aliphatic heterocycles. The largest absolute Gasteiger partial charge is 0.458 e. The molecule has 1 aliphatic rings. The summed E-state index contributed by atoms with van der Waals surface area (Å²) in [6, 6.07) is 14.4. The number of dihydropyridines is 1. The number of nitriles is 1. The first-order chi connectivity index (χ1) is 16.8. The van der Waals surface area contributed by atoms with E-state index in [1.165, 1.54) is 17.8 Å². The quantitative estimate of drug-likeness (QED) is 0.318. The zero-order valence-corrected chi connectivity index (χ0v) is 21.5. The van der Waals surface area contributed by atoms with E-state index >= 15 is 0 Å². The molecule has 0 saturated carbocycles. The van der Waals surface area contributed by atoms with Gasteiger partial charge in [0.2, 0.25) is 5.91 Å². The lowest BCUT2D eigenvalue weighted by atomic mass is 9.82. The van der Waals surface area contributed by atoms with Crippen molar-refractivity contribution in [1.29, 1.82) is 5.26 Å². The van der Waals surface area contributed by atoms with Crippen LogP contribution in [-0.2, 0) is 14.3 Å². The van der Waals surface area contributed by atoms with Crippen LogP contribution in [0.3, 0.4) is 0 Å². The van der Waals surface area contributed by atoms with Crippen LogP contribution in [0.1, 0.15) is 24.0 Å². The predicted molar refractivity (Wildman–Crippen MR) is 141 cm³/mol. The number of benzene rings is 2. The number of carbonyl (C=O) groups excluding carboxylic acids is 2. The van der Waals surface area contributed by atoms with Crippen LogP contribution in [0.5, 0.6) is 0 Å². The first kappa shape index (κ1) is 26.4. The second kappa shape index (κ2) is 12.0. The zero-order valence-electron chi connectivity index (χ0n) is 19.2. The summed E-state index contributed by atoms with van der Waals surface area (Å²) in [5.74, 6) is -1.46. The van der Waals surface area contributed by atoms with Gasteiger partial charge in [0.25, 0.3) is 0 Å². The van der Waals surface area contributed by atoms with Gasteiger partial charge in [0.15, 0.2) is 0 Å². The van der Waals surface area contributed by atoms with Gasteiger partial charge >= 0.3 is 5.97 Å². The number of hydrogen-bond acceptors (Lipinski definition) is 6. The molecular weight excluding hydrogens is 505 g/mol. The zero-order chi connectivity index (χ0) is 25.5. The lowest BCUT2D eigenvalue weighted by molar-refractivity contribution is -0.138. The normalized spacial score (nSPS) is 15.2. The minimum absolute atomic E-state index is 0.0380. The molecule has 6 nitrogen and oxygen atoms in total. The number of allylic oxidation sites excluding steroid dienone is 2. The second-order valence-electron chi connectivity index (χ2n) is 7.64. The van der Waals surface area contributed by atoms with Gasteiger partial charge in [-0.25, -0.2) is 4.79 Å². The van der Waals surface area contributed by atoms with Crippen LogP contribution in [-0.4, -0.2) is 24.2 Å². The van der Waals surface area contributed by atoms with E-state index in [0.29, 0.717) is 43.2 Å². The topological polar surface area (TPSA) is 91.2 Å². The molecule has 2 aromatic rings. The maximum atomic E-state index is 12.9. The van der Waals surface area contributed by atoms with Crippen LogP contribution in [0.4, 0.5) is 5.69 Å². The maximum Gasteiger partial charge on any atom is 0.337 e. The third-order valence-electron chi connectivity index (χ3n) is 5.29. The van der Waals surface area contributed by atoms with Gasteiger partial charge < -0.3 is 15.4 Å². The highest BCUT2D eigenvalue weighted by molar-refractivity contribution is 8.03. The van der Waals surface area contributed by atoms with E-state index in [1.807, 2.05) is 6.92 Å². The monoisotopic (exact) mass is 527 g/mol. The van der Waals surface area contributed by atoms with Crippen molar-refractivity contribution in [1.82, 2.24) is 5.32 Å². The van der Waals surface area contributed by atoms with Crippen molar-refractivity contribution in [2.45, 2.75) is 19.8 Å². The van der Waals surface area contributed by atoms with Gasteiger partial charge in [-0.15, -0.1) is 0 Å². The summed E-state index contributed by atoms with van der Waals surface area (Å²) in [4.78, 5) is 25.6. The summed E-state index contributed by atoms with van der Waals surface area (Å²) in [6.07, 6.45) is 1.48. The van der Waals surface area contributed by atoms with Gasteiger partial charge in [0.05, 0.1) is 33.9 Å². The summed E-state index contributed by atoms with van der Waals surface area (Å²) < 4.78 is 5.30. The van der Waals surface area contributed by atoms with E-state index in [2.05, 4.69) is 23.3 Å². The Morgan fingerprint density at radius 1 is 1.23 bits per heavy atom. The number of rotatable bonds is 8. The third-order valence-corrected chi connectivity index (χ3v) is 6.97. The Kier molecular flexibility index (Phi) is 9.05. The van der Waals surface area contributed by atoms with E-state index in [1.54, 1.807) is 49.4 Å². The second-order valence-corrected chi connectivity index (χ2v) is 9.47. The Morgan fingerprint density at radius 3 is 2.60 bits per heavy atom. The number of carbonyl (C=O) groups is 2. The van der Waals surface area contributed by atoms with Gasteiger partial charge in [-0.1, -0.05) is 65.8 Å². The SMILES string of the molecule is C=CCOC(=O)C1=C(C)NC(SCC(=O)Nc2cccc(Cl)c2C)=C(C#N)[C@H]1c1ccc(Cl)cc1. The Labute approximate surface area is 218 Å². The molecule has 9 heteroatoms. The molecular formula is C26H23Cl2N3O3S. The lowest BCUT2D eigenvalue weighted by Gasteiger charge is -2.29. The highest BCUT2D eigenvalue weighted by Crippen LogP contribution is 2.41. The third kappa shape index (κ3) is 6.29. The fraction of sp³-hybridized carbons (Fsp3) is 0.192. The summed E-state index contributed by atoms with van der Waals surface area (Å²) in [5.41, 5.74) is 3.25. The Morgan fingerprint density at radius 2 is 1.94 bits per heavy atom. The molecule has 0 radical (unpaired) electrons. The highest BCUT2D eigenvalue weighted by Gasteiger charge is 2.35. The molecule has 1 atom stereocenters. The molecule has 0 spiro atoms. The van der Waals surface area contributed by atoms with Crippen molar-refractivity contribution in [2.24, 2.45) is 0 Å². The molecule has 0 fully saturated rings. The maximum absolute atomic E-state index is 12.9. The fourth-order valence-electron chi connectivity index (χ4n) is 3.56. The summed E-state index contributed by atoms with van der Waals surface area (Å²) in [7, 11) is 0. The molecule has 3 rings (SSSR count). The average molecular weight is 528 g/mol. The summed E-state index contributed by atoms with van der Waals surface area (Å²) in [6.45, 7) is 7.17. The van der Waals surface area contributed by atoms with Gasteiger partial charge in [-0.2, -0.15) is 5.26 Å². The Hall–Kier alpha value is -3.18. The van der Waals surface area contributed by atoms with E-state index in [-0.39, 0.29) is 18.3 Å². The van der Waals surface area contributed by atoms with E-state index in [9.17, 15) is 14.9 Å². The number of hydrogen-bond donors (Lipinski definition) is 2. The van der Waals surface area contributed by atoms with E-state index in [4.69, 9.17) is 27.9 Å². The molecule has 0 aromatic heterocycles. The molecule has 1 amide bonds. The van der Waals surface area contributed by atoms with E-state index in [0.717, 1.165) is 5.56 Å². The summed E-state index contributed by atoms with van der Waals surface area (Å²) >= 11 is 13.4. The lowest BCUT2D eigenvalue weighted by Crippen LogP contribution is -2.29. The van der Waals surface area contributed by atoms with Crippen molar-refractivity contribution >= 4 is 52.5 Å². The van der Waals surface area contributed by atoms with Crippen LogP contribution < -0.4 is 10.6 Å². The minimum atomic E-state index is -0.684. The van der Waals surface area contributed by atoms with Crippen molar-refractivity contribution in [2.75, 3.05) is 17.7 Å². The van der Waals surface area contributed by atoms with Crippen molar-refractivity contribution in [3.8, 4) is 6.07 Å².